The first kappa shape index (κ1) is 24.6. The van der Waals surface area contributed by atoms with E-state index in [-0.39, 0.29) is 17.4 Å². The predicted molar refractivity (Wildman–Crippen MR) is 147 cm³/mol. The van der Waals surface area contributed by atoms with Crippen LogP contribution in [0.15, 0.2) is 90.5 Å². The SMILES string of the molecule is Cc1cc(/C(O)=C2/C(=O)C(=O)N(c3cccc(Cl)c3)C2c2cccc3ccccc23)ccc1OC(C)C. The lowest BCUT2D eigenvalue weighted by Gasteiger charge is -2.26. The lowest BCUT2D eigenvalue weighted by Crippen LogP contribution is -2.29. The Labute approximate surface area is 220 Å². The molecule has 0 aromatic heterocycles. The van der Waals surface area contributed by atoms with Gasteiger partial charge in [0.05, 0.1) is 17.7 Å². The third-order valence-electron chi connectivity index (χ3n) is 6.46. The molecule has 0 radical (unpaired) electrons. The normalized spacial score (nSPS) is 17.1. The van der Waals surface area contributed by atoms with E-state index < -0.39 is 17.7 Å². The minimum Gasteiger partial charge on any atom is -0.507 e. The number of carbonyl (C=O) groups excluding carboxylic acids is 2. The summed E-state index contributed by atoms with van der Waals surface area (Å²) >= 11 is 6.26. The molecule has 6 heteroatoms. The number of aliphatic hydroxyl groups is 1. The van der Waals surface area contributed by atoms with Crippen molar-refractivity contribution in [3.63, 3.8) is 0 Å². The molecular weight excluding hydrogens is 486 g/mol. The Balaban J connectivity index is 1.75. The van der Waals surface area contributed by atoms with Crippen molar-refractivity contribution in [2.75, 3.05) is 4.90 Å². The first-order chi connectivity index (χ1) is 17.8. The Hall–Kier alpha value is -4.09. The van der Waals surface area contributed by atoms with E-state index in [9.17, 15) is 14.7 Å². The summed E-state index contributed by atoms with van der Waals surface area (Å²) in [5.41, 5.74) is 2.48. The Kier molecular flexibility index (Phi) is 6.48. The number of hydrogen-bond donors (Lipinski definition) is 1. The van der Waals surface area contributed by atoms with Gasteiger partial charge >= 0.3 is 0 Å². The molecule has 1 atom stereocenters. The second-order valence-corrected chi connectivity index (χ2v) is 9.80. The quantitative estimate of drug-likeness (QED) is 0.174. The number of aliphatic hydroxyl groups excluding tert-OH is 1. The molecule has 0 aliphatic carbocycles. The molecule has 1 aliphatic rings. The zero-order chi connectivity index (χ0) is 26.3. The molecule has 1 N–H and O–H groups in total. The molecule has 1 amide bonds. The van der Waals surface area contributed by atoms with Crippen LogP contribution in [0.2, 0.25) is 5.02 Å². The van der Waals surface area contributed by atoms with Crippen molar-refractivity contribution in [2.24, 2.45) is 0 Å². The van der Waals surface area contributed by atoms with Crippen LogP contribution in [0.4, 0.5) is 5.69 Å². The van der Waals surface area contributed by atoms with E-state index in [0.29, 0.717) is 22.0 Å². The van der Waals surface area contributed by atoms with Gasteiger partial charge in [-0.1, -0.05) is 60.1 Å². The van der Waals surface area contributed by atoms with Crippen molar-refractivity contribution in [2.45, 2.75) is 32.9 Å². The number of amides is 1. The van der Waals surface area contributed by atoms with Crippen LogP contribution >= 0.6 is 11.6 Å². The maximum absolute atomic E-state index is 13.5. The van der Waals surface area contributed by atoms with Gasteiger partial charge in [0.1, 0.15) is 11.5 Å². The highest BCUT2D eigenvalue weighted by Gasteiger charge is 2.47. The second kappa shape index (κ2) is 9.75. The van der Waals surface area contributed by atoms with Gasteiger partial charge in [0, 0.05) is 16.3 Å². The third kappa shape index (κ3) is 4.47. The summed E-state index contributed by atoms with van der Waals surface area (Å²) in [6.07, 6.45) is -0.00692. The Morgan fingerprint density at radius 3 is 2.41 bits per heavy atom. The minimum absolute atomic E-state index is 0.00692. The van der Waals surface area contributed by atoms with Crippen molar-refractivity contribution >= 4 is 45.5 Å². The van der Waals surface area contributed by atoms with Gasteiger partial charge in [-0.2, -0.15) is 0 Å². The van der Waals surface area contributed by atoms with Gasteiger partial charge in [-0.15, -0.1) is 0 Å². The number of nitrogens with zero attached hydrogens (tertiary/aromatic N) is 1. The Morgan fingerprint density at radius 1 is 0.946 bits per heavy atom. The smallest absolute Gasteiger partial charge is 0.300 e. The van der Waals surface area contributed by atoms with Gasteiger partial charge in [0.15, 0.2) is 0 Å². The average molecular weight is 512 g/mol. The number of rotatable bonds is 5. The fourth-order valence-corrected chi connectivity index (χ4v) is 5.03. The van der Waals surface area contributed by atoms with Gasteiger partial charge in [0.2, 0.25) is 0 Å². The Bertz CT molecular complexity index is 1570. The zero-order valence-electron chi connectivity index (χ0n) is 20.7. The molecule has 4 aromatic rings. The summed E-state index contributed by atoms with van der Waals surface area (Å²) < 4.78 is 5.83. The number of anilines is 1. The monoisotopic (exact) mass is 511 g/mol. The molecule has 5 rings (SSSR count). The van der Waals surface area contributed by atoms with Crippen molar-refractivity contribution < 1.29 is 19.4 Å². The molecule has 1 heterocycles. The van der Waals surface area contributed by atoms with Crippen LogP contribution in [0.5, 0.6) is 5.75 Å². The van der Waals surface area contributed by atoms with Crippen molar-refractivity contribution in [1.82, 2.24) is 0 Å². The van der Waals surface area contributed by atoms with Crippen LogP contribution in [-0.2, 0) is 9.59 Å². The predicted octanol–water partition coefficient (Wildman–Crippen LogP) is 7.22. The summed E-state index contributed by atoms with van der Waals surface area (Å²) in [7, 11) is 0. The number of ketones is 1. The van der Waals surface area contributed by atoms with E-state index in [2.05, 4.69) is 0 Å². The number of halogens is 1. The zero-order valence-corrected chi connectivity index (χ0v) is 21.5. The van der Waals surface area contributed by atoms with Crippen LogP contribution in [0.1, 0.15) is 36.6 Å². The molecule has 37 heavy (non-hydrogen) atoms. The highest BCUT2D eigenvalue weighted by Crippen LogP contribution is 2.44. The Morgan fingerprint density at radius 2 is 1.68 bits per heavy atom. The van der Waals surface area contributed by atoms with Crippen LogP contribution in [0.3, 0.4) is 0 Å². The summed E-state index contributed by atoms with van der Waals surface area (Å²) in [6.45, 7) is 5.75. The standard InChI is InChI=1S/C31H26ClNO4/c1-18(2)37-26-15-14-21(16-19(26)3)29(34)27-28(25-13-6-9-20-8-4-5-12-24(20)25)33(31(36)30(27)35)23-11-7-10-22(32)17-23/h4-18,28,34H,1-3H3/b29-27-. The van der Waals surface area contributed by atoms with Crippen LogP contribution in [0, 0.1) is 6.92 Å². The third-order valence-corrected chi connectivity index (χ3v) is 6.69. The van der Waals surface area contributed by atoms with Gasteiger partial charge in [-0.05, 0) is 79.1 Å². The molecule has 4 aromatic carbocycles. The first-order valence-electron chi connectivity index (χ1n) is 12.1. The maximum Gasteiger partial charge on any atom is 0.300 e. The van der Waals surface area contributed by atoms with Crippen LogP contribution in [0.25, 0.3) is 16.5 Å². The van der Waals surface area contributed by atoms with E-state index in [4.69, 9.17) is 16.3 Å². The average Bonchev–Trinajstić information content (AvgIpc) is 3.14. The van der Waals surface area contributed by atoms with Gasteiger partial charge in [-0.3, -0.25) is 14.5 Å². The molecule has 0 spiro atoms. The molecule has 1 fully saturated rings. The number of fused-ring (bicyclic) bond motifs is 1. The van der Waals surface area contributed by atoms with Crippen molar-refractivity contribution in [3.8, 4) is 5.75 Å². The number of aryl methyl sites for hydroxylation is 1. The van der Waals surface area contributed by atoms with Crippen molar-refractivity contribution in [3.05, 3.63) is 112 Å². The lowest BCUT2D eigenvalue weighted by molar-refractivity contribution is -0.132. The van der Waals surface area contributed by atoms with E-state index in [1.807, 2.05) is 63.2 Å². The minimum atomic E-state index is -0.850. The van der Waals surface area contributed by atoms with E-state index in [0.717, 1.165) is 21.9 Å². The van der Waals surface area contributed by atoms with Crippen molar-refractivity contribution in [1.29, 1.82) is 0 Å². The fraction of sp³-hybridized carbons (Fsp3) is 0.161. The maximum atomic E-state index is 13.5. The number of carbonyl (C=O) groups is 2. The number of hydrogen-bond acceptors (Lipinski definition) is 4. The molecular formula is C31H26ClNO4. The van der Waals surface area contributed by atoms with Crippen LogP contribution < -0.4 is 9.64 Å². The highest BCUT2D eigenvalue weighted by atomic mass is 35.5. The van der Waals surface area contributed by atoms with Crippen LogP contribution in [-0.4, -0.2) is 22.9 Å². The first-order valence-corrected chi connectivity index (χ1v) is 12.5. The molecule has 1 saturated heterocycles. The van der Waals surface area contributed by atoms with E-state index in [1.54, 1.807) is 42.5 Å². The molecule has 186 valence electrons. The molecule has 1 unspecified atom stereocenters. The summed E-state index contributed by atoms with van der Waals surface area (Å²) in [5.74, 6) is -1.02. The fourth-order valence-electron chi connectivity index (χ4n) is 4.85. The summed E-state index contributed by atoms with van der Waals surface area (Å²) in [4.78, 5) is 28.5. The number of Topliss-reactive ketones (excluding diaryl/α,β-unsaturated/α-hetero) is 1. The van der Waals surface area contributed by atoms with Gasteiger partial charge in [0.25, 0.3) is 11.7 Å². The number of benzene rings is 4. The van der Waals surface area contributed by atoms with Gasteiger partial charge < -0.3 is 9.84 Å². The second-order valence-electron chi connectivity index (χ2n) is 9.36. The highest BCUT2D eigenvalue weighted by molar-refractivity contribution is 6.52. The van der Waals surface area contributed by atoms with Gasteiger partial charge in [-0.25, -0.2) is 0 Å². The molecule has 5 nitrogen and oxygen atoms in total. The van der Waals surface area contributed by atoms with E-state index in [1.165, 1.54) is 4.90 Å². The number of ether oxygens (including phenoxy) is 1. The molecule has 0 bridgehead atoms. The largest absolute Gasteiger partial charge is 0.507 e. The molecule has 1 aliphatic heterocycles. The topological polar surface area (TPSA) is 66.8 Å². The van der Waals surface area contributed by atoms with E-state index >= 15 is 0 Å². The molecule has 0 saturated carbocycles. The summed E-state index contributed by atoms with van der Waals surface area (Å²) in [6, 6.07) is 24.7. The summed E-state index contributed by atoms with van der Waals surface area (Å²) in [5, 5.41) is 13.8. The lowest BCUT2D eigenvalue weighted by atomic mass is 9.91.